The molecule has 0 saturated carbocycles. The van der Waals surface area contributed by atoms with E-state index in [9.17, 15) is 4.79 Å². The van der Waals surface area contributed by atoms with Gasteiger partial charge in [0.25, 0.3) is 11.5 Å². The molecule has 0 atom stereocenters. The fourth-order valence-electron chi connectivity index (χ4n) is 1.36. The van der Waals surface area contributed by atoms with E-state index in [4.69, 9.17) is 5.84 Å². The third kappa shape index (κ3) is 3.01. The molecule has 3 aromatic rings. The van der Waals surface area contributed by atoms with Crippen LogP contribution in [0.5, 0.6) is 0 Å². The van der Waals surface area contributed by atoms with E-state index in [1.54, 1.807) is 0 Å². The van der Waals surface area contributed by atoms with Crippen molar-refractivity contribution in [2.45, 2.75) is 10.3 Å². The first-order valence-electron chi connectivity index (χ1n) is 5.55. The fraction of sp³-hybridized carbons (Fsp3) is 0. The molecule has 0 fully saturated rings. The lowest BCUT2D eigenvalue weighted by Crippen LogP contribution is -2.14. The molecule has 4 N–H and O–H groups in total. The molecular weight excluding hydrogens is 296 g/mol. The molecule has 106 valence electrons. The van der Waals surface area contributed by atoms with Gasteiger partial charge < -0.3 is 4.98 Å². The molecule has 0 amide bonds. The van der Waals surface area contributed by atoms with E-state index in [2.05, 4.69) is 40.4 Å². The van der Waals surface area contributed by atoms with Crippen LogP contribution in [0.1, 0.15) is 0 Å². The Kier molecular flexibility index (Phi) is 3.53. The number of nitrogen functional groups attached to an aromatic ring is 1. The van der Waals surface area contributed by atoms with Gasteiger partial charge in [-0.15, -0.1) is 0 Å². The smallest absolute Gasteiger partial charge is 0.257 e. The lowest BCUT2D eigenvalue weighted by molar-refractivity contribution is 0.757. The summed E-state index contributed by atoms with van der Waals surface area (Å²) in [7, 11) is 0. The number of aromatic amines is 1. The summed E-state index contributed by atoms with van der Waals surface area (Å²) in [5, 5.41) is 4.56. The molecule has 0 bridgehead atoms. The second-order valence-corrected chi connectivity index (χ2v) is 4.52. The zero-order valence-electron chi connectivity index (χ0n) is 10.3. The Labute approximate surface area is 121 Å². The molecule has 0 aromatic carbocycles. The van der Waals surface area contributed by atoms with Gasteiger partial charge in [-0.1, -0.05) is 0 Å². The Balaban J connectivity index is 1.98. The monoisotopic (exact) mass is 304 g/mol. The van der Waals surface area contributed by atoms with Crippen LogP contribution in [0, 0.1) is 0 Å². The van der Waals surface area contributed by atoms with Gasteiger partial charge in [0.05, 0.1) is 0 Å². The number of nitrogens with zero attached hydrogens (tertiary/aromatic N) is 7. The molecular formula is C9H8N10OS. The summed E-state index contributed by atoms with van der Waals surface area (Å²) in [5.41, 5.74) is 2.07. The first-order chi connectivity index (χ1) is 10.2. The fourth-order valence-corrected chi connectivity index (χ4v) is 2.06. The number of rotatable bonds is 4. The van der Waals surface area contributed by atoms with E-state index in [1.807, 2.05) is 0 Å². The van der Waals surface area contributed by atoms with Gasteiger partial charge >= 0.3 is 0 Å². The van der Waals surface area contributed by atoms with Crippen LogP contribution >= 0.6 is 11.8 Å². The lowest BCUT2D eigenvalue weighted by atomic mass is 10.7. The molecule has 21 heavy (non-hydrogen) atoms. The minimum absolute atomic E-state index is 0.149. The first-order valence-corrected chi connectivity index (χ1v) is 6.37. The van der Waals surface area contributed by atoms with E-state index in [1.165, 1.54) is 29.6 Å². The second kappa shape index (κ2) is 5.64. The molecule has 11 nitrogen and oxygen atoms in total. The lowest BCUT2D eigenvalue weighted by Gasteiger charge is -2.05. The number of nitrogens with two attached hydrogens (primary N) is 1. The third-order valence-corrected chi connectivity index (χ3v) is 2.96. The van der Waals surface area contributed by atoms with Crippen LogP contribution in [0.25, 0.3) is 5.95 Å². The molecule has 0 saturated heterocycles. The molecule has 0 radical (unpaired) electrons. The zero-order valence-corrected chi connectivity index (χ0v) is 11.2. The highest BCUT2D eigenvalue weighted by Crippen LogP contribution is 2.20. The maximum Gasteiger partial charge on any atom is 0.257 e. The molecule has 12 heteroatoms. The molecule has 0 spiro atoms. The van der Waals surface area contributed by atoms with Crippen molar-refractivity contribution >= 4 is 17.7 Å². The van der Waals surface area contributed by atoms with Gasteiger partial charge in [-0.25, -0.2) is 15.8 Å². The maximum absolute atomic E-state index is 11.2. The van der Waals surface area contributed by atoms with Crippen molar-refractivity contribution in [3.8, 4) is 5.95 Å². The summed E-state index contributed by atoms with van der Waals surface area (Å²) in [6.45, 7) is 0. The summed E-state index contributed by atoms with van der Waals surface area (Å²) in [6, 6.07) is 1.31. The minimum atomic E-state index is -0.268. The third-order valence-electron chi connectivity index (χ3n) is 2.19. The number of hydrogen-bond donors (Lipinski definition) is 3. The highest BCUT2D eigenvalue weighted by molar-refractivity contribution is 7.99. The minimum Gasteiger partial charge on any atom is -0.301 e. The molecule has 0 unspecified atom stereocenters. The van der Waals surface area contributed by atoms with Crippen molar-refractivity contribution < 1.29 is 0 Å². The average Bonchev–Trinajstić information content (AvgIpc) is 3.01. The van der Waals surface area contributed by atoms with E-state index in [0.29, 0.717) is 5.16 Å². The van der Waals surface area contributed by atoms with Crippen LogP contribution in [0.15, 0.2) is 40.0 Å². The summed E-state index contributed by atoms with van der Waals surface area (Å²) in [6.07, 6.45) is 4.18. The molecule has 3 rings (SSSR count). The summed E-state index contributed by atoms with van der Waals surface area (Å²) in [4.78, 5) is 33.9. The highest BCUT2D eigenvalue weighted by Gasteiger charge is 2.10. The van der Waals surface area contributed by atoms with Crippen molar-refractivity contribution in [2.75, 3.05) is 5.43 Å². The van der Waals surface area contributed by atoms with E-state index < -0.39 is 0 Å². The topological polar surface area (TPSA) is 153 Å². The summed E-state index contributed by atoms with van der Waals surface area (Å²) in [5.74, 6) is 5.71. The molecule has 0 aliphatic carbocycles. The number of anilines is 1. The van der Waals surface area contributed by atoms with Crippen LogP contribution in [-0.2, 0) is 0 Å². The molecule has 0 aliphatic heterocycles. The van der Waals surface area contributed by atoms with Gasteiger partial charge in [0.1, 0.15) is 12.7 Å². The Bertz CT molecular complexity index is 800. The normalized spacial score (nSPS) is 10.5. The van der Waals surface area contributed by atoms with Crippen LogP contribution < -0.4 is 16.8 Å². The number of H-pyrrole nitrogens is 1. The first kappa shape index (κ1) is 13.1. The highest BCUT2D eigenvalue weighted by atomic mass is 32.2. The standard InChI is InChI=1S/C9H8N10OS/c10-18-6-15-7(19-4-11-3-13-19)17-9(16-6)21-8-12-2-1-5(20)14-8/h1-4H,10H2,(H,12,14,20)(H,15,16,17,18). The quantitative estimate of drug-likeness (QED) is 0.310. The van der Waals surface area contributed by atoms with E-state index >= 15 is 0 Å². The number of hydrogen-bond acceptors (Lipinski definition) is 10. The van der Waals surface area contributed by atoms with Crippen molar-refractivity contribution in [3.63, 3.8) is 0 Å². The summed E-state index contributed by atoms with van der Waals surface area (Å²) >= 11 is 1.06. The average molecular weight is 304 g/mol. The Morgan fingerprint density at radius 3 is 2.95 bits per heavy atom. The van der Waals surface area contributed by atoms with Crippen molar-refractivity contribution in [1.82, 2.24) is 39.7 Å². The van der Waals surface area contributed by atoms with Gasteiger partial charge in [-0.05, 0) is 11.8 Å². The SMILES string of the molecule is NNc1nc(Sc2nccc(=O)[nH]2)nc(-n2cncn2)n1. The van der Waals surface area contributed by atoms with Crippen molar-refractivity contribution in [3.05, 3.63) is 35.3 Å². The van der Waals surface area contributed by atoms with Crippen LogP contribution in [0.2, 0.25) is 0 Å². The zero-order chi connectivity index (χ0) is 14.7. The predicted molar refractivity (Wildman–Crippen MR) is 71.5 cm³/mol. The second-order valence-electron chi connectivity index (χ2n) is 3.57. The largest absolute Gasteiger partial charge is 0.301 e. The van der Waals surface area contributed by atoms with Crippen molar-refractivity contribution in [1.29, 1.82) is 0 Å². The maximum atomic E-state index is 11.2. The Morgan fingerprint density at radius 2 is 2.24 bits per heavy atom. The number of aromatic nitrogens is 8. The van der Waals surface area contributed by atoms with Crippen molar-refractivity contribution in [2.24, 2.45) is 5.84 Å². The van der Waals surface area contributed by atoms with Gasteiger partial charge in [0.15, 0.2) is 5.16 Å². The Morgan fingerprint density at radius 1 is 1.33 bits per heavy atom. The molecule has 0 aliphatic rings. The van der Waals surface area contributed by atoms with E-state index in [-0.39, 0.29) is 22.6 Å². The molecule has 3 heterocycles. The van der Waals surface area contributed by atoms with Crippen LogP contribution in [0.4, 0.5) is 5.95 Å². The molecule has 3 aromatic heterocycles. The van der Waals surface area contributed by atoms with Gasteiger partial charge in [0.2, 0.25) is 11.1 Å². The van der Waals surface area contributed by atoms with E-state index in [0.717, 1.165) is 11.8 Å². The predicted octanol–water partition coefficient (Wildman–Crippen LogP) is -1.03. The van der Waals surface area contributed by atoms with Gasteiger partial charge in [0, 0.05) is 12.3 Å². The van der Waals surface area contributed by atoms with Crippen LogP contribution in [0.3, 0.4) is 0 Å². The van der Waals surface area contributed by atoms with Gasteiger partial charge in [-0.2, -0.15) is 24.7 Å². The number of hydrazine groups is 1. The number of nitrogens with one attached hydrogen (secondary N) is 2. The van der Waals surface area contributed by atoms with Gasteiger partial charge in [-0.3, -0.25) is 10.2 Å². The summed E-state index contributed by atoms with van der Waals surface area (Å²) < 4.78 is 1.35. The Hall–Kier alpha value is -2.86. The van der Waals surface area contributed by atoms with Crippen LogP contribution in [-0.4, -0.2) is 39.7 Å².